The van der Waals surface area contributed by atoms with Crippen molar-refractivity contribution >= 4 is 58.0 Å². The van der Waals surface area contributed by atoms with Crippen LogP contribution in [0.15, 0.2) is 42.5 Å². The van der Waals surface area contributed by atoms with Gasteiger partial charge < -0.3 is 15.5 Å². The highest BCUT2D eigenvalue weighted by atomic mass is 35.5. The average molecular weight is 477 g/mol. The van der Waals surface area contributed by atoms with Gasteiger partial charge in [-0.3, -0.25) is 19.3 Å². The van der Waals surface area contributed by atoms with Crippen LogP contribution in [0.3, 0.4) is 0 Å². The summed E-state index contributed by atoms with van der Waals surface area (Å²) in [6, 6.07) is 12.1. The molecule has 1 saturated heterocycles. The Morgan fingerprint density at radius 2 is 1.72 bits per heavy atom. The van der Waals surface area contributed by atoms with Gasteiger partial charge in [-0.2, -0.15) is 0 Å². The van der Waals surface area contributed by atoms with Crippen LogP contribution in [-0.4, -0.2) is 48.8 Å². The van der Waals surface area contributed by atoms with Crippen LogP contribution in [0.5, 0.6) is 0 Å². The first-order chi connectivity index (χ1) is 15.4. The maximum Gasteiger partial charge on any atom is 0.238 e. The Bertz CT molecular complexity index is 999. The second-order valence-electron chi connectivity index (χ2n) is 7.60. The number of para-hydroxylation sites is 2. The summed E-state index contributed by atoms with van der Waals surface area (Å²) in [6.07, 6.45) is 2.10. The monoisotopic (exact) mass is 476 g/mol. The van der Waals surface area contributed by atoms with E-state index in [-0.39, 0.29) is 30.8 Å². The van der Waals surface area contributed by atoms with E-state index in [4.69, 9.17) is 23.2 Å². The number of anilines is 3. The maximum atomic E-state index is 12.8. The number of benzene rings is 2. The van der Waals surface area contributed by atoms with E-state index in [0.29, 0.717) is 46.6 Å². The first-order valence-electron chi connectivity index (χ1n) is 10.5. The van der Waals surface area contributed by atoms with Gasteiger partial charge in [-0.15, -0.1) is 0 Å². The Labute approximate surface area is 197 Å². The Hall–Kier alpha value is -2.61. The molecule has 0 saturated carbocycles. The van der Waals surface area contributed by atoms with E-state index in [9.17, 15) is 14.4 Å². The van der Waals surface area contributed by atoms with E-state index in [1.165, 1.54) is 0 Å². The molecule has 1 fully saturated rings. The number of halogens is 2. The van der Waals surface area contributed by atoms with Crippen LogP contribution >= 0.6 is 23.2 Å². The van der Waals surface area contributed by atoms with Crippen LogP contribution < -0.4 is 15.5 Å². The third kappa shape index (κ3) is 6.45. The fraction of sp³-hybridized carbons (Fsp3) is 0.348. The van der Waals surface area contributed by atoms with Gasteiger partial charge in [0.05, 0.1) is 35.2 Å². The van der Waals surface area contributed by atoms with Gasteiger partial charge in [0.1, 0.15) is 0 Å². The SMILES string of the molecule is CCCN(CC(=O)Nc1ccc(Cl)cc1Cl)CC(=O)Nc1ccccc1N1CCCC1=O. The molecule has 3 rings (SSSR count). The molecular weight excluding hydrogens is 451 g/mol. The molecule has 170 valence electrons. The molecule has 0 bridgehead atoms. The first kappa shape index (κ1) is 24.0. The predicted molar refractivity (Wildman–Crippen MR) is 128 cm³/mol. The minimum Gasteiger partial charge on any atom is -0.324 e. The van der Waals surface area contributed by atoms with Gasteiger partial charge in [0.25, 0.3) is 0 Å². The molecule has 0 aromatic heterocycles. The standard InChI is InChI=1S/C23H26Cl2N4O3/c1-2-11-28(14-21(30)26-18-10-9-16(24)13-17(18)25)15-22(31)27-19-6-3-4-7-20(19)29-12-5-8-23(29)32/h3-4,6-7,9-10,13H,2,5,8,11-12,14-15H2,1H3,(H,26,30)(H,27,31). The quantitative estimate of drug-likeness (QED) is 0.561. The van der Waals surface area contributed by atoms with Gasteiger partial charge in [0, 0.05) is 18.0 Å². The maximum absolute atomic E-state index is 12.8. The van der Waals surface area contributed by atoms with Crippen LogP contribution in [-0.2, 0) is 14.4 Å². The third-order valence-electron chi connectivity index (χ3n) is 5.02. The zero-order valence-electron chi connectivity index (χ0n) is 17.9. The summed E-state index contributed by atoms with van der Waals surface area (Å²) in [6.45, 7) is 3.26. The average Bonchev–Trinajstić information content (AvgIpc) is 3.16. The topological polar surface area (TPSA) is 81.8 Å². The molecule has 2 N–H and O–H groups in total. The van der Waals surface area contributed by atoms with E-state index < -0.39 is 0 Å². The lowest BCUT2D eigenvalue weighted by molar-refractivity contribution is -0.120. The van der Waals surface area contributed by atoms with Crippen LogP contribution in [0.25, 0.3) is 0 Å². The van der Waals surface area contributed by atoms with Gasteiger partial charge in [0.2, 0.25) is 17.7 Å². The smallest absolute Gasteiger partial charge is 0.238 e. The van der Waals surface area contributed by atoms with E-state index >= 15 is 0 Å². The summed E-state index contributed by atoms with van der Waals surface area (Å²) in [5.41, 5.74) is 1.74. The number of rotatable bonds is 9. The van der Waals surface area contributed by atoms with Gasteiger partial charge >= 0.3 is 0 Å². The molecule has 0 unspecified atom stereocenters. The number of carbonyl (C=O) groups is 3. The molecule has 0 aliphatic carbocycles. The van der Waals surface area contributed by atoms with Crippen molar-refractivity contribution in [2.24, 2.45) is 0 Å². The molecule has 1 aliphatic heterocycles. The highest BCUT2D eigenvalue weighted by Gasteiger charge is 2.24. The number of hydrogen-bond donors (Lipinski definition) is 2. The van der Waals surface area contributed by atoms with Crippen molar-refractivity contribution in [3.63, 3.8) is 0 Å². The van der Waals surface area contributed by atoms with Gasteiger partial charge in [0.15, 0.2) is 0 Å². The van der Waals surface area contributed by atoms with Crippen molar-refractivity contribution < 1.29 is 14.4 Å². The highest BCUT2D eigenvalue weighted by Crippen LogP contribution is 2.29. The molecule has 2 aromatic carbocycles. The summed E-state index contributed by atoms with van der Waals surface area (Å²) in [7, 11) is 0. The first-order valence-corrected chi connectivity index (χ1v) is 11.3. The van der Waals surface area contributed by atoms with Crippen LogP contribution in [0.4, 0.5) is 17.1 Å². The largest absolute Gasteiger partial charge is 0.324 e. The zero-order chi connectivity index (χ0) is 23.1. The molecular formula is C23H26Cl2N4O3. The molecule has 3 amide bonds. The lowest BCUT2D eigenvalue weighted by Crippen LogP contribution is -2.39. The van der Waals surface area contributed by atoms with Crippen LogP contribution in [0.1, 0.15) is 26.2 Å². The Morgan fingerprint density at radius 3 is 2.34 bits per heavy atom. The summed E-state index contributed by atoms with van der Waals surface area (Å²) in [5.74, 6) is -0.481. The summed E-state index contributed by atoms with van der Waals surface area (Å²) >= 11 is 12.0. The van der Waals surface area contributed by atoms with Crippen LogP contribution in [0.2, 0.25) is 10.0 Å². The minimum absolute atomic E-state index is 0.0342. The van der Waals surface area contributed by atoms with E-state index in [1.807, 2.05) is 25.1 Å². The zero-order valence-corrected chi connectivity index (χ0v) is 19.4. The minimum atomic E-state index is -0.279. The summed E-state index contributed by atoms with van der Waals surface area (Å²) in [5, 5.41) is 6.47. The normalized spacial score (nSPS) is 13.5. The molecule has 7 nitrogen and oxygen atoms in total. The fourth-order valence-corrected chi connectivity index (χ4v) is 4.08. The van der Waals surface area contributed by atoms with Crippen LogP contribution in [0, 0.1) is 0 Å². The molecule has 0 radical (unpaired) electrons. The Balaban J connectivity index is 1.62. The van der Waals surface area contributed by atoms with Crippen molar-refractivity contribution in [3.05, 3.63) is 52.5 Å². The lowest BCUT2D eigenvalue weighted by Gasteiger charge is -2.23. The summed E-state index contributed by atoms with van der Waals surface area (Å²) in [4.78, 5) is 40.9. The van der Waals surface area contributed by atoms with Crippen molar-refractivity contribution in [2.75, 3.05) is 41.7 Å². The number of hydrogen-bond acceptors (Lipinski definition) is 4. The second-order valence-corrected chi connectivity index (χ2v) is 8.44. The van der Waals surface area contributed by atoms with E-state index in [1.54, 1.807) is 34.1 Å². The molecule has 0 atom stereocenters. The molecule has 0 spiro atoms. The molecule has 2 aromatic rings. The van der Waals surface area contributed by atoms with Gasteiger partial charge in [-0.05, 0) is 49.7 Å². The molecule has 1 aliphatic rings. The molecule has 9 heteroatoms. The Morgan fingerprint density at radius 1 is 1.03 bits per heavy atom. The third-order valence-corrected chi connectivity index (χ3v) is 5.57. The summed E-state index contributed by atoms with van der Waals surface area (Å²) < 4.78 is 0. The number of carbonyl (C=O) groups excluding carboxylic acids is 3. The molecule has 32 heavy (non-hydrogen) atoms. The van der Waals surface area contributed by atoms with E-state index in [0.717, 1.165) is 12.8 Å². The number of amides is 3. The van der Waals surface area contributed by atoms with Crippen molar-refractivity contribution in [2.45, 2.75) is 26.2 Å². The van der Waals surface area contributed by atoms with Gasteiger partial charge in [-0.1, -0.05) is 42.3 Å². The highest BCUT2D eigenvalue weighted by molar-refractivity contribution is 6.36. The van der Waals surface area contributed by atoms with Crippen molar-refractivity contribution in [1.82, 2.24) is 4.90 Å². The van der Waals surface area contributed by atoms with E-state index in [2.05, 4.69) is 10.6 Å². The second kappa shape index (κ2) is 11.3. The molecule has 1 heterocycles. The van der Waals surface area contributed by atoms with Crippen molar-refractivity contribution in [3.8, 4) is 0 Å². The predicted octanol–water partition coefficient (Wildman–Crippen LogP) is 4.41. The Kier molecular flexibility index (Phi) is 8.50. The lowest BCUT2D eigenvalue weighted by atomic mass is 10.2. The van der Waals surface area contributed by atoms with Gasteiger partial charge in [-0.25, -0.2) is 0 Å². The number of nitrogens with zero attached hydrogens (tertiary/aromatic N) is 2. The number of nitrogens with one attached hydrogen (secondary N) is 2. The fourth-order valence-electron chi connectivity index (χ4n) is 3.62. The van der Waals surface area contributed by atoms with Crippen molar-refractivity contribution in [1.29, 1.82) is 0 Å².